The fourth-order valence-electron chi connectivity index (χ4n) is 14.1. The number of carboxylic acid groups (broad SMARTS) is 3. The minimum atomic E-state index is -4.01. The van der Waals surface area contributed by atoms with Crippen molar-refractivity contribution in [3.63, 3.8) is 0 Å². The van der Waals surface area contributed by atoms with E-state index in [0.29, 0.717) is 51.9 Å². The van der Waals surface area contributed by atoms with Crippen molar-refractivity contribution in [2.75, 3.05) is 129 Å². The van der Waals surface area contributed by atoms with Crippen LogP contribution in [0.2, 0.25) is 0 Å². The second-order valence-corrected chi connectivity index (χ2v) is 31.9. The standard InChI is InChI=1S/C28H34N4O4S.C24H28N4O3S.C21H18FN3O4S.3CH2O2/c1-29-11-8-20(9-12-29)25-19-32(27-16-21(4-6-24(25)27)31-13-10-22(18-31)35-3)37(33,34)23-5-7-26-28(17-23)36-15-14-30(26)2;1-26-11-7-18(8-12-26)23-17-28(32(29,30)21-4-3-10-25-15-21)24-14-19(5-6-22(23)24)27-13-9-20(16-27)31-2;1-24-19-5-3-15(11-20(19)29-21(24)26)30(27,28)25-12-17(13-6-8-23-9-7-13)16-10-14(22)2-4-18(16)25;3*2-1-3/h4-8,16-17,19,22H,9-15,18H2,1-3H3;3-7,10,14-15,17,20H,8-9,11-13,16H2,1-2H3;2-6,10-12,23H,7-9H2,1H3;3*1H,(H,2,3). The number of nitrogens with one attached hydrogen (secondary N) is 1. The van der Waals surface area contributed by atoms with E-state index in [1.807, 2.05) is 37.5 Å². The van der Waals surface area contributed by atoms with E-state index in [0.717, 1.165) is 142 Å². The summed E-state index contributed by atoms with van der Waals surface area (Å²) in [7, 11) is -0.423. The highest BCUT2D eigenvalue weighted by Crippen LogP contribution is 2.41. The van der Waals surface area contributed by atoms with Gasteiger partial charge in [-0.3, -0.25) is 23.9 Å². The zero-order chi connectivity index (χ0) is 77.2. The number of nitrogens with zero attached hydrogens (tertiary/aromatic N) is 10. The molecule has 0 bridgehead atoms. The number of ether oxygens (including phenoxy) is 3. The Bertz CT molecular complexity index is 5460. The summed E-state index contributed by atoms with van der Waals surface area (Å²) in [5.41, 5.74) is 11.4. The molecule has 5 aromatic carbocycles. The third-order valence-corrected chi connectivity index (χ3v) is 24.9. The lowest BCUT2D eigenvalue weighted by atomic mass is 9.99. The number of hydrogen-bond donors (Lipinski definition) is 4. The Morgan fingerprint density at radius 1 is 0.565 bits per heavy atom. The molecule has 10 aromatic rings. The molecule has 108 heavy (non-hydrogen) atoms. The van der Waals surface area contributed by atoms with Crippen LogP contribution >= 0.6 is 0 Å². The molecule has 2 unspecified atom stereocenters. The average Bonchev–Trinajstić information content (AvgIpc) is 1.59. The normalized spacial score (nSPS) is 17.6. The predicted octanol–water partition coefficient (Wildman–Crippen LogP) is 8.81. The highest BCUT2D eigenvalue weighted by atomic mass is 32.2. The lowest BCUT2D eigenvalue weighted by Crippen LogP contribution is -2.29. The van der Waals surface area contributed by atoms with Gasteiger partial charge in [-0.1, -0.05) is 30.4 Å². The second-order valence-electron chi connectivity index (χ2n) is 26.4. The maximum atomic E-state index is 14.1. The Labute approximate surface area is 624 Å². The lowest BCUT2D eigenvalue weighted by Gasteiger charge is -2.27. The van der Waals surface area contributed by atoms with Crippen LogP contribution in [0.1, 0.15) is 48.8 Å². The Hall–Kier alpha value is -10.5. The number of likely N-dealkylation sites (N-methyl/N-ethyl adjacent to an activating group) is 3. The molecule has 16 rings (SSSR count). The van der Waals surface area contributed by atoms with Crippen molar-refractivity contribution in [2.45, 2.75) is 59.0 Å². The van der Waals surface area contributed by atoms with Gasteiger partial charge >= 0.3 is 5.76 Å². The monoisotopic (exact) mass is 1540 g/mol. The van der Waals surface area contributed by atoms with Crippen LogP contribution in [-0.2, 0) is 61.0 Å². The van der Waals surface area contributed by atoms with Gasteiger partial charge in [0.2, 0.25) is 0 Å². The lowest BCUT2D eigenvalue weighted by molar-refractivity contribution is -0.123. The molecule has 0 spiro atoms. The predicted molar refractivity (Wildman–Crippen MR) is 411 cm³/mol. The van der Waals surface area contributed by atoms with E-state index < -0.39 is 41.6 Å². The van der Waals surface area contributed by atoms with Gasteiger partial charge in [-0.2, -0.15) is 0 Å². The zero-order valence-electron chi connectivity index (χ0n) is 60.5. The summed E-state index contributed by atoms with van der Waals surface area (Å²) >= 11 is 0. The van der Waals surface area contributed by atoms with Crippen LogP contribution in [0.4, 0.5) is 21.5 Å². The molecule has 0 amide bonds. The van der Waals surface area contributed by atoms with Crippen LogP contribution < -0.4 is 30.5 Å². The Morgan fingerprint density at radius 3 is 1.57 bits per heavy atom. The summed E-state index contributed by atoms with van der Waals surface area (Å²) in [6.45, 7) is 9.02. The zero-order valence-corrected chi connectivity index (χ0v) is 62.9. The van der Waals surface area contributed by atoms with Gasteiger partial charge in [0.25, 0.3) is 49.5 Å². The molecule has 11 heterocycles. The van der Waals surface area contributed by atoms with Gasteiger partial charge in [0.15, 0.2) is 5.58 Å². The van der Waals surface area contributed by atoms with Crippen molar-refractivity contribution in [1.82, 2.24) is 36.6 Å². The maximum absolute atomic E-state index is 14.1. The highest BCUT2D eigenvalue weighted by molar-refractivity contribution is 7.90. The molecular weight excluding hydrogens is 1450 g/mol. The SMILES string of the molecule is COC1CCN(c2ccc3c(C4=CCN(C)CC4)cn(S(=O)(=O)c4ccc5c(c4)OCCN5C)c3c2)C1.COC1CCN(c2ccc3c(C4=CCN(C)CC4)cn(S(=O)(=O)c4cccnc4)c3c2)C1.Cn1c(=O)oc2cc(S(=O)(=O)n3cc(C4=CCNCC4)c4cc(F)ccc43)ccc21.O=CO.O=CO.O=CO. The van der Waals surface area contributed by atoms with Crippen LogP contribution in [0.3, 0.4) is 0 Å². The Balaban J connectivity index is 0.000000153. The second kappa shape index (κ2) is 34.2. The van der Waals surface area contributed by atoms with E-state index in [1.165, 1.54) is 70.2 Å². The van der Waals surface area contributed by atoms with Gasteiger partial charge < -0.3 is 63.8 Å². The van der Waals surface area contributed by atoms with Gasteiger partial charge in [-0.05, 0) is 148 Å². The average molecular weight is 1540 g/mol. The summed E-state index contributed by atoms with van der Waals surface area (Å²) < 4.78 is 124. The number of halogens is 1. The number of hydrogen-bond acceptors (Lipinski definition) is 21. The Kier molecular flexibility index (Phi) is 24.9. The van der Waals surface area contributed by atoms with E-state index >= 15 is 0 Å². The fourth-order valence-corrected chi connectivity index (χ4v) is 18.2. The van der Waals surface area contributed by atoms with Gasteiger partial charge in [0.1, 0.15) is 23.1 Å². The van der Waals surface area contributed by atoms with E-state index in [9.17, 15) is 34.4 Å². The summed E-state index contributed by atoms with van der Waals surface area (Å²) in [6.07, 6.45) is 19.4. The van der Waals surface area contributed by atoms with Gasteiger partial charge in [-0.15, -0.1) is 0 Å². The maximum Gasteiger partial charge on any atom is 0.419 e. The minimum absolute atomic E-state index is 0.0172. The first-order valence-corrected chi connectivity index (χ1v) is 39.1. The molecule has 5 aromatic heterocycles. The number of fused-ring (bicyclic) bond motifs is 5. The molecule has 32 heteroatoms. The van der Waals surface area contributed by atoms with E-state index in [2.05, 4.69) is 85.3 Å². The summed E-state index contributed by atoms with van der Waals surface area (Å²) in [5, 5.41) is 26.3. The summed E-state index contributed by atoms with van der Waals surface area (Å²) in [6, 6.07) is 29.2. The molecule has 0 radical (unpaired) electrons. The molecule has 28 nitrogen and oxygen atoms in total. The van der Waals surface area contributed by atoms with E-state index in [4.69, 9.17) is 48.3 Å². The number of pyridine rings is 1. The van der Waals surface area contributed by atoms with Crippen molar-refractivity contribution in [1.29, 1.82) is 0 Å². The number of anilines is 3. The van der Waals surface area contributed by atoms with Crippen LogP contribution in [0, 0.1) is 5.82 Å². The molecule has 2 atom stereocenters. The van der Waals surface area contributed by atoms with Gasteiger partial charge in [0, 0.05) is 175 Å². The van der Waals surface area contributed by atoms with Crippen LogP contribution in [0.15, 0.2) is 176 Å². The number of aryl methyl sites for hydroxylation is 1. The third kappa shape index (κ3) is 16.6. The molecule has 4 N–H and O–H groups in total. The number of benzene rings is 5. The van der Waals surface area contributed by atoms with E-state index in [1.54, 1.807) is 64.1 Å². The minimum Gasteiger partial charge on any atom is -0.490 e. The van der Waals surface area contributed by atoms with Gasteiger partial charge in [-0.25, -0.2) is 46.4 Å². The molecule has 572 valence electrons. The Morgan fingerprint density at radius 2 is 1.07 bits per heavy atom. The van der Waals surface area contributed by atoms with Crippen molar-refractivity contribution in [3.8, 4) is 5.75 Å². The number of aromatic nitrogens is 5. The topological polar surface area (TPSA) is 333 Å². The molecule has 2 saturated heterocycles. The third-order valence-electron chi connectivity index (χ3n) is 20.0. The molecular formula is C76H86FN11O17S3. The number of methoxy groups -OCH3 is 2. The summed E-state index contributed by atoms with van der Waals surface area (Å²) in [4.78, 5) is 52.4. The fraction of sp³-hybridized carbons (Fsp3) is 0.329. The van der Waals surface area contributed by atoms with Crippen LogP contribution in [-0.4, -0.2) is 217 Å². The van der Waals surface area contributed by atoms with Gasteiger partial charge in [0.05, 0.1) is 56.3 Å². The largest absolute Gasteiger partial charge is 0.490 e. The number of carbonyl (C=O) groups is 3. The first-order chi connectivity index (χ1) is 51.9. The van der Waals surface area contributed by atoms with Crippen molar-refractivity contribution < 1.29 is 78.0 Å². The number of rotatable bonds is 13. The van der Waals surface area contributed by atoms with Crippen molar-refractivity contribution in [2.24, 2.45) is 7.05 Å². The molecule has 0 saturated carbocycles. The first-order valence-electron chi connectivity index (χ1n) is 34.7. The van der Waals surface area contributed by atoms with E-state index in [-0.39, 0.29) is 51.9 Å². The molecule has 2 fully saturated rings. The van der Waals surface area contributed by atoms with Crippen molar-refractivity contribution >= 4 is 127 Å². The van der Waals surface area contributed by atoms with Crippen molar-refractivity contribution in [3.05, 3.63) is 185 Å². The molecule has 0 aliphatic carbocycles. The van der Waals surface area contributed by atoms with Crippen LogP contribution in [0.25, 0.3) is 60.5 Å². The first kappa shape index (κ1) is 78.6. The summed E-state index contributed by atoms with van der Waals surface area (Å²) in [5.74, 6) is -0.393. The highest BCUT2D eigenvalue weighted by Gasteiger charge is 2.32. The number of oxazole rings is 1. The molecule has 6 aliphatic rings. The smallest absolute Gasteiger partial charge is 0.419 e. The quantitative estimate of drug-likeness (QED) is 0.0783. The molecule has 6 aliphatic heterocycles. The van der Waals surface area contributed by atoms with Crippen LogP contribution in [0.5, 0.6) is 5.75 Å².